The molecule has 0 aromatic carbocycles. The van der Waals surface area contributed by atoms with Crippen LogP contribution in [-0.2, 0) is 4.79 Å². The van der Waals surface area contributed by atoms with Crippen LogP contribution in [0.25, 0.3) is 10.2 Å². The summed E-state index contributed by atoms with van der Waals surface area (Å²) in [6, 6.07) is 2.08. The molecule has 0 unspecified atom stereocenters. The van der Waals surface area contributed by atoms with Crippen molar-refractivity contribution < 1.29 is 4.79 Å². The minimum Gasteiger partial charge on any atom is -0.354 e. The number of aryl methyl sites for hydroxylation is 1. The van der Waals surface area contributed by atoms with Crippen LogP contribution in [0.3, 0.4) is 0 Å². The Morgan fingerprint density at radius 2 is 2.30 bits per heavy atom. The first kappa shape index (κ1) is 13.1. The van der Waals surface area contributed by atoms with Gasteiger partial charge in [-0.1, -0.05) is 0 Å². The van der Waals surface area contributed by atoms with Crippen LogP contribution in [0.15, 0.2) is 6.07 Å². The van der Waals surface area contributed by atoms with Crippen molar-refractivity contribution in [2.75, 3.05) is 30.0 Å². The van der Waals surface area contributed by atoms with Crippen LogP contribution in [0.5, 0.6) is 0 Å². The van der Waals surface area contributed by atoms with Gasteiger partial charge in [-0.15, -0.1) is 11.3 Å². The van der Waals surface area contributed by atoms with Gasteiger partial charge < -0.3 is 10.2 Å². The van der Waals surface area contributed by atoms with E-state index in [4.69, 9.17) is 5.84 Å². The van der Waals surface area contributed by atoms with E-state index >= 15 is 0 Å². The predicted molar refractivity (Wildman–Crippen MR) is 79.8 cm³/mol. The van der Waals surface area contributed by atoms with Crippen molar-refractivity contribution in [3.05, 3.63) is 10.9 Å². The van der Waals surface area contributed by atoms with Crippen molar-refractivity contribution in [3.8, 4) is 0 Å². The summed E-state index contributed by atoms with van der Waals surface area (Å²) in [7, 11) is 0. The second kappa shape index (κ2) is 5.22. The number of amides is 1. The van der Waals surface area contributed by atoms with Crippen LogP contribution in [0, 0.1) is 6.92 Å². The highest BCUT2D eigenvalue weighted by Crippen LogP contribution is 2.31. The predicted octanol–water partition coefficient (Wildman–Crippen LogP) is 0.612. The molecule has 0 atom stereocenters. The Bertz CT molecular complexity index is 655. The molecular formula is C12H16N6OS. The lowest BCUT2D eigenvalue weighted by atomic mass is 10.3. The van der Waals surface area contributed by atoms with E-state index < -0.39 is 0 Å². The monoisotopic (exact) mass is 292 g/mol. The van der Waals surface area contributed by atoms with Crippen LogP contribution in [0.4, 0.5) is 11.8 Å². The topological polar surface area (TPSA) is 96.2 Å². The summed E-state index contributed by atoms with van der Waals surface area (Å²) in [5, 5.41) is 3.88. The van der Waals surface area contributed by atoms with Gasteiger partial charge in [0.05, 0.1) is 5.39 Å². The van der Waals surface area contributed by atoms with Gasteiger partial charge in [0.1, 0.15) is 10.6 Å². The van der Waals surface area contributed by atoms with Gasteiger partial charge in [0.2, 0.25) is 11.9 Å². The molecule has 0 radical (unpaired) electrons. The number of anilines is 2. The molecule has 20 heavy (non-hydrogen) atoms. The molecule has 2 aromatic rings. The number of thiophene rings is 1. The molecule has 3 rings (SSSR count). The molecule has 1 aliphatic rings. The van der Waals surface area contributed by atoms with Crippen LogP contribution in [-0.4, -0.2) is 35.5 Å². The number of nitrogens with zero attached hydrogens (tertiary/aromatic N) is 3. The third-order valence-corrected chi connectivity index (χ3v) is 4.18. The molecule has 1 saturated heterocycles. The Balaban J connectivity index is 2.06. The number of hydrogen-bond donors (Lipinski definition) is 3. The molecule has 0 aliphatic carbocycles. The molecule has 0 bridgehead atoms. The lowest BCUT2D eigenvalue weighted by Gasteiger charge is -2.21. The van der Waals surface area contributed by atoms with Gasteiger partial charge in [-0.05, 0) is 13.0 Å². The van der Waals surface area contributed by atoms with Crippen LogP contribution in [0.2, 0.25) is 0 Å². The molecule has 2 aromatic heterocycles. The van der Waals surface area contributed by atoms with E-state index in [1.807, 2.05) is 6.92 Å². The molecule has 1 amide bonds. The number of fused-ring (bicyclic) bond motifs is 1. The fraction of sp³-hybridized carbons (Fsp3) is 0.417. The maximum Gasteiger partial charge on any atom is 0.240 e. The van der Waals surface area contributed by atoms with E-state index in [1.165, 1.54) is 4.88 Å². The molecule has 7 nitrogen and oxygen atoms in total. The van der Waals surface area contributed by atoms with Crippen LogP contribution >= 0.6 is 11.3 Å². The quantitative estimate of drug-likeness (QED) is 0.554. The Labute approximate surface area is 120 Å². The second-order valence-electron chi connectivity index (χ2n) is 4.68. The third kappa shape index (κ3) is 2.39. The maximum atomic E-state index is 11.4. The minimum absolute atomic E-state index is 0.0801. The summed E-state index contributed by atoms with van der Waals surface area (Å²) >= 11 is 1.61. The molecule has 0 spiro atoms. The highest BCUT2D eigenvalue weighted by atomic mass is 32.1. The SMILES string of the molecule is Cc1cc2c(N3CCNC(=O)CC3)nc(NN)nc2s1. The summed E-state index contributed by atoms with van der Waals surface area (Å²) < 4.78 is 0. The highest BCUT2D eigenvalue weighted by Gasteiger charge is 2.19. The molecule has 1 aliphatic heterocycles. The van der Waals surface area contributed by atoms with Crippen molar-refractivity contribution in [1.29, 1.82) is 0 Å². The minimum atomic E-state index is 0.0801. The Kier molecular flexibility index (Phi) is 3.41. The van der Waals surface area contributed by atoms with E-state index in [0.717, 1.165) is 22.6 Å². The smallest absolute Gasteiger partial charge is 0.240 e. The summed E-state index contributed by atoms with van der Waals surface area (Å²) in [4.78, 5) is 24.5. The Morgan fingerprint density at radius 1 is 1.45 bits per heavy atom. The molecule has 4 N–H and O–H groups in total. The lowest BCUT2D eigenvalue weighted by Crippen LogP contribution is -2.29. The van der Waals surface area contributed by atoms with Crippen molar-refractivity contribution in [1.82, 2.24) is 15.3 Å². The first-order valence-electron chi connectivity index (χ1n) is 6.44. The van der Waals surface area contributed by atoms with Gasteiger partial charge >= 0.3 is 0 Å². The summed E-state index contributed by atoms with van der Waals surface area (Å²) in [6.45, 7) is 4.05. The zero-order valence-electron chi connectivity index (χ0n) is 11.1. The third-order valence-electron chi connectivity index (χ3n) is 3.24. The van der Waals surface area contributed by atoms with E-state index in [1.54, 1.807) is 11.3 Å². The van der Waals surface area contributed by atoms with E-state index in [2.05, 4.69) is 31.7 Å². The zero-order chi connectivity index (χ0) is 14.1. The average Bonchev–Trinajstić information content (AvgIpc) is 2.67. The maximum absolute atomic E-state index is 11.4. The number of aromatic nitrogens is 2. The average molecular weight is 292 g/mol. The number of rotatable bonds is 2. The van der Waals surface area contributed by atoms with Crippen LogP contribution < -0.4 is 21.5 Å². The lowest BCUT2D eigenvalue weighted by molar-refractivity contribution is -0.120. The molecule has 3 heterocycles. The number of nitrogens with one attached hydrogen (secondary N) is 2. The number of carbonyl (C=O) groups excluding carboxylic acids is 1. The normalized spacial score (nSPS) is 16.1. The van der Waals surface area contributed by atoms with Crippen molar-refractivity contribution in [2.45, 2.75) is 13.3 Å². The van der Waals surface area contributed by atoms with Gasteiger partial charge in [-0.25, -0.2) is 10.8 Å². The second-order valence-corrected chi connectivity index (χ2v) is 5.91. The molecular weight excluding hydrogens is 276 g/mol. The molecule has 8 heteroatoms. The number of carbonyl (C=O) groups is 1. The van der Waals surface area contributed by atoms with Gasteiger partial charge in [0.25, 0.3) is 0 Å². The number of nitrogens with two attached hydrogens (primary N) is 1. The Morgan fingerprint density at radius 3 is 3.10 bits per heavy atom. The van der Waals surface area contributed by atoms with Crippen molar-refractivity contribution >= 4 is 39.2 Å². The van der Waals surface area contributed by atoms with E-state index in [0.29, 0.717) is 25.5 Å². The van der Waals surface area contributed by atoms with Gasteiger partial charge in [-0.2, -0.15) is 4.98 Å². The zero-order valence-corrected chi connectivity index (χ0v) is 12.0. The molecule has 0 saturated carbocycles. The van der Waals surface area contributed by atoms with Crippen molar-refractivity contribution in [3.63, 3.8) is 0 Å². The molecule has 1 fully saturated rings. The first-order chi connectivity index (χ1) is 9.67. The number of nitrogen functional groups attached to an aromatic ring is 1. The largest absolute Gasteiger partial charge is 0.354 e. The Hall–Kier alpha value is -1.93. The van der Waals surface area contributed by atoms with Gasteiger partial charge in [0.15, 0.2) is 0 Å². The highest BCUT2D eigenvalue weighted by molar-refractivity contribution is 7.18. The number of hydrogen-bond acceptors (Lipinski definition) is 7. The van der Waals surface area contributed by atoms with Gasteiger partial charge in [-0.3, -0.25) is 10.2 Å². The summed E-state index contributed by atoms with van der Waals surface area (Å²) in [5.74, 6) is 6.76. The van der Waals surface area contributed by atoms with Gasteiger partial charge in [0, 0.05) is 30.9 Å². The van der Waals surface area contributed by atoms with E-state index in [-0.39, 0.29) is 5.91 Å². The van der Waals surface area contributed by atoms with Crippen molar-refractivity contribution in [2.24, 2.45) is 5.84 Å². The molecule has 106 valence electrons. The first-order valence-corrected chi connectivity index (χ1v) is 7.25. The summed E-state index contributed by atoms with van der Waals surface area (Å²) in [6.07, 6.45) is 0.472. The summed E-state index contributed by atoms with van der Waals surface area (Å²) in [5.41, 5.74) is 2.51. The van der Waals surface area contributed by atoms with Crippen LogP contribution in [0.1, 0.15) is 11.3 Å². The number of hydrazine groups is 1. The fourth-order valence-electron chi connectivity index (χ4n) is 2.31. The fourth-order valence-corrected chi connectivity index (χ4v) is 3.19. The standard InChI is InChI=1S/C12H16N6OS/c1-7-6-8-10(15-12(17-13)16-11(8)20-7)18-4-2-9(19)14-3-5-18/h6H,2-5,13H2,1H3,(H,14,19)(H,15,16,17). The van der Waals surface area contributed by atoms with E-state index in [9.17, 15) is 4.79 Å².